The van der Waals surface area contributed by atoms with Crippen LogP contribution in [0.3, 0.4) is 0 Å². The largest absolute Gasteiger partial charge is 0.133 e. The maximum absolute atomic E-state index is 6.17. The van der Waals surface area contributed by atoms with Gasteiger partial charge in [0, 0.05) is 5.54 Å². The molecule has 0 spiro atoms. The SMILES string of the molecule is C[C@](Cl)(/C=C/Br)[C@@H](Cl)/C=C/C(=C/Cl)C(Cl)Cl. The van der Waals surface area contributed by atoms with Crippen LogP contribution in [0.25, 0.3) is 0 Å². The third-order valence-electron chi connectivity index (χ3n) is 1.76. The topological polar surface area (TPSA) is 0 Å². The normalized spacial score (nSPS) is 19.6. The van der Waals surface area contributed by atoms with Crippen LogP contribution in [0.15, 0.2) is 34.3 Å². The smallest absolute Gasteiger partial charge is 0.116 e. The number of halogens is 6. The molecule has 6 heteroatoms. The maximum atomic E-state index is 6.17. The zero-order chi connectivity index (χ0) is 12.8. The highest BCUT2D eigenvalue weighted by atomic mass is 79.9. The van der Waals surface area contributed by atoms with Gasteiger partial charge in [0.05, 0.1) is 10.3 Å². The first-order chi connectivity index (χ1) is 7.35. The molecule has 0 rings (SSSR count). The zero-order valence-electron chi connectivity index (χ0n) is 8.31. The Kier molecular flexibility index (Phi) is 8.88. The van der Waals surface area contributed by atoms with Crippen molar-refractivity contribution in [2.45, 2.75) is 22.0 Å². The van der Waals surface area contributed by atoms with Crippen LogP contribution in [0.2, 0.25) is 0 Å². The van der Waals surface area contributed by atoms with E-state index in [0.717, 1.165) is 0 Å². The van der Waals surface area contributed by atoms with Crippen LogP contribution in [-0.4, -0.2) is 15.1 Å². The molecular weight excluding hydrogens is 377 g/mol. The molecule has 0 aromatic rings. The molecule has 0 aliphatic carbocycles. The number of hydrogen-bond donors (Lipinski definition) is 0. The molecule has 0 aromatic carbocycles. The highest BCUT2D eigenvalue weighted by Gasteiger charge is 2.25. The van der Waals surface area contributed by atoms with Crippen LogP contribution in [0, 0.1) is 0 Å². The first-order valence-electron chi connectivity index (χ1n) is 4.22. The van der Waals surface area contributed by atoms with E-state index >= 15 is 0 Å². The molecule has 16 heavy (non-hydrogen) atoms. The van der Waals surface area contributed by atoms with Gasteiger partial charge in [0.2, 0.25) is 0 Å². The molecule has 0 aromatic heterocycles. The molecule has 0 aliphatic rings. The van der Waals surface area contributed by atoms with E-state index in [1.807, 2.05) is 0 Å². The Hall–Kier alpha value is 1.15. The van der Waals surface area contributed by atoms with Crippen molar-refractivity contribution in [3.63, 3.8) is 0 Å². The molecule has 0 saturated heterocycles. The minimum atomic E-state index is -0.701. The molecule has 0 saturated carbocycles. The van der Waals surface area contributed by atoms with Gasteiger partial charge in [-0.1, -0.05) is 45.8 Å². The Bertz CT molecular complexity index is 294. The van der Waals surface area contributed by atoms with Gasteiger partial charge in [0.1, 0.15) is 4.84 Å². The lowest BCUT2D eigenvalue weighted by atomic mass is 10.1. The summed E-state index contributed by atoms with van der Waals surface area (Å²) >= 11 is 32.3. The van der Waals surface area contributed by atoms with Crippen LogP contribution in [0.1, 0.15) is 6.92 Å². The fourth-order valence-corrected chi connectivity index (χ4v) is 2.34. The predicted molar refractivity (Wildman–Crippen MR) is 80.5 cm³/mol. The first-order valence-corrected chi connectivity index (χ1v) is 7.26. The van der Waals surface area contributed by atoms with E-state index < -0.39 is 15.1 Å². The van der Waals surface area contributed by atoms with Crippen molar-refractivity contribution >= 4 is 73.9 Å². The lowest BCUT2D eigenvalue weighted by Gasteiger charge is -2.21. The molecule has 0 heterocycles. The summed E-state index contributed by atoms with van der Waals surface area (Å²) in [6, 6.07) is 0. The number of allylic oxidation sites excluding steroid dienone is 4. The minimum Gasteiger partial charge on any atom is -0.116 e. The van der Waals surface area contributed by atoms with Gasteiger partial charge in [-0.25, -0.2) is 0 Å². The fourth-order valence-electron chi connectivity index (χ4n) is 0.756. The van der Waals surface area contributed by atoms with Crippen LogP contribution >= 0.6 is 73.9 Å². The Morgan fingerprint density at radius 1 is 1.31 bits per heavy atom. The van der Waals surface area contributed by atoms with E-state index in [-0.39, 0.29) is 0 Å². The van der Waals surface area contributed by atoms with Gasteiger partial charge in [-0.3, -0.25) is 0 Å². The van der Waals surface area contributed by atoms with Crippen molar-refractivity contribution in [3.05, 3.63) is 34.3 Å². The molecule has 2 atom stereocenters. The molecular formula is C10H10BrCl5. The number of rotatable bonds is 5. The van der Waals surface area contributed by atoms with Crippen molar-refractivity contribution in [2.75, 3.05) is 0 Å². The van der Waals surface area contributed by atoms with Crippen LogP contribution < -0.4 is 0 Å². The van der Waals surface area contributed by atoms with Gasteiger partial charge in [0.15, 0.2) is 0 Å². The van der Waals surface area contributed by atoms with Crippen molar-refractivity contribution in [1.29, 1.82) is 0 Å². The summed E-state index contributed by atoms with van der Waals surface area (Å²) in [6.45, 7) is 1.79. The second kappa shape index (κ2) is 8.29. The molecule has 0 aliphatic heterocycles. The van der Waals surface area contributed by atoms with E-state index in [2.05, 4.69) is 15.9 Å². The molecule has 0 unspecified atom stereocenters. The number of hydrogen-bond acceptors (Lipinski definition) is 0. The first kappa shape index (κ1) is 17.2. The Labute approximate surface area is 129 Å². The van der Waals surface area contributed by atoms with E-state index in [1.54, 1.807) is 30.1 Å². The molecule has 92 valence electrons. The summed E-state index contributed by atoms with van der Waals surface area (Å²) < 4.78 is 0. The van der Waals surface area contributed by atoms with Crippen molar-refractivity contribution in [1.82, 2.24) is 0 Å². The average molecular weight is 387 g/mol. The van der Waals surface area contributed by atoms with Crippen molar-refractivity contribution in [3.8, 4) is 0 Å². The summed E-state index contributed by atoms with van der Waals surface area (Å²) in [5.74, 6) is 0. The van der Waals surface area contributed by atoms with E-state index in [9.17, 15) is 0 Å². The van der Waals surface area contributed by atoms with Gasteiger partial charge < -0.3 is 0 Å². The summed E-state index contributed by atoms with van der Waals surface area (Å²) in [7, 11) is 0. The minimum absolute atomic E-state index is 0.415. The average Bonchev–Trinajstić information content (AvgIpc) is 2.17. The van der Waals surface area contributed by atoms with Gasteiger partial charge in [-0.15, -0.1) is 46.4 Å². The van der Waals surface area contributed by atoms with Crippen molar-refractivity contribution < 1.29 is 0 Å². The lowest BCUT2D eigenvalue weighted by Crippen LogP contribution is -2.24. The molecule has 0 radical (unpaired) electrons. The fraction of sp³-hybridized carbons (Fsp3) is 0.400. The third kappa shape index (κ3) is 6.18. The second-order valence-corrected chi connectivity index (χ2v) is 6.24. The van der Waals surface area contributed by atoms with Gasteiger partial charge in [0.25, 0.3) is 0 Å². The number of alkyl halides is 4. The quantitative estimate of drug-likeness (QED) is 0.402. The second-order valence-electron chi connectivity index (χ2n) is 3.11. The molecule has 0 fully saturated rings. The molecule has 0 bridgehead atoms. The highest BCUT2D eigenvalue weighted by molar-refractivity contribution is 9.11. The summed E-state index contributed by atoms with van der Waals surface area (Å²) in [4.78, 5) is 0.270. The Morgan fingerprint density at radius 3 is 2.25 bits per heavy atom. The van der Waals surface area contributed by atoms with Crippen LogP contribution in [-0.2, 0) is 0 Å². The third-order valence-corrected chi connectivity index (χ3v) is 3.86. The lowest BCUT2D eigenvalue weighted by molar-refractivity contribution is 0.800. The summed E-state index contributed by atoms with van der Waals surface area (Å²) in [5.41, 5.74) is 1.86. The monoisotopic (exact) mass is 384 g/mol. The molecule has 0 nitrogen and oxygen atoms in total. The standard InChI is InChI=1S/C10H10BrCl5/c1-10(16,4-5-11)8(13)3-2-7(6-12)9(14)15/h2-6,8-9H,1H3/b3-2+,5-4+,7-6-/t8-,10-/m0/s1. The summed E-state index contributed by atoms with van der Waals surface area (Å²) in [6.07, 6.45) is 5.07. The van der Waals surface area contributed by atoms with Gasteiger partial charge in [-0.2, -0.15) is 0 Å². The summed E-state index contributed by atoms with van der Waals surface area (Å²) in [5, 5.41) is -0.415. The van der Waals surface area contributed by atoms with Gasteiger partial charge in [-0.05, 0) is 17.5 Å². The van der Waals surface area contributed by atoms with Crippen LogP contribution in [0.5, 0.6) is 0 Å². The Morgan fingerprint density at radius 2 is 1.88 bits per heavy atom. The molecule has 0 amide bonds. The van der Waals surface area contributed by atoms with E-state index in [0.29, 0.717) is 5.57 Å². The van der Waals surface area contributed by atoms with Gasteiger partial charge >= 0.3 is 0 Å². The molecule has 0 N–H and O–H groups in total. The van der Waals surface area contributed by atoms with Crippen LogP contribution in [0.4, 0.5) is 0 Å². The maximum Gasteiger partial charge on any atom is 0.133 e. The highest BCUT2D eigenvalue weighted by Crippen LogP contribution is 2.28. The van der Waals surface area contributed by atoms with E-state index in [4.69, 9.17) is 58.0 Å². The van der Waals surface area contributed by atoms with Crippen molar-refractivity contribution in [2.24, 2.45) is 0 Å². The van der Waals surface area contributed by atoms with E-state index in [1.165, 1.54) is 5.54 Å². The Balaban J connectivity index is 4.67. The zero-order valence-corrected chi connectivity index (χ0v) is 13.7. The predicted octanol–water partition coefficient (Wildman–Crippen LogP) is 5.98.